The molecular weight excluding hydrogens is 318 g/mol. The summed E-state index contributed by atoms with van der Waals surface area (Å²) in [5.41, 5.74) is 1.03. The third-order valence-electron chi connectivity index (χ3n) is 3.63. The van der Waals surface area contributed by atoms with Crippen LogP contribution in [0.15, 0.2) is 52.8 Å². The fourth-order valence-corrected chi connectivity index (χ4v) is 3.99. The first-order valence-corrected chi connectivity index (χ1v) is 8.36. The Hall–Kier alpha value is -2.80. The van der Waals surface area contributed by atoms with Gasteiger partial charge in [-0.15, -0.1) is 0 Å². The molecule has 1 amide bonds. The SMILES string of the molecule is O=C(Nc1ccc2c(c1)OCO2)C1=CS(=O)(=O)c2ccccc21. The Morgan fingerprint density at radius 1 is 1.04 bits per heavy atom. The van der Waals surface area contributed by atoms with E-state index >= 15 is 0 Å². The molecular formula is C16H11NO5S. The average molecular weight is 329 g/mol. The van der Waals surface area contributed by atoms with Crippen molar-refractivity contribution in [1.82, 2.24) is 0 Å². The fourth-order valence-electron chi connectivity index (χ4n) is 2.57. The monoisotopic (exact) mass is 329 g/mol. The summed E-state index contributed by atoms with van der Waals surface area (Å²) in [5.74, 6) is 0.657. The zero-order valence-electron chi connectivity index (χ0n) is 11.8. The van der Waals surface area contributed by atoms with E-state index in [4.69, 9.17) is 9.47 Å². The molecule has 2 heterocycles. The van der Waals surface area contributed by atoms with Crippen LogP contribution in [0.5, 0.6) is 11.5 Å². The molecule has 23 heavy (non-hydrogen) atoms. The second-order valence-electron chi connectivity index (χ2n) is 5.09. The first-order chi connectivity index (χ1) is 11.0. The number of anilines is 1. The Bertz CT molecular complexity index is 962. The van der Waals surface area contributed by atoms with Gasteiger partial charge in [-0.3, -0.25) is 4.79 Å². The van der Waals surface area contributed by atoms with Crippen LogP contribution in [-0.2, 0) is 14.6 Å². The standard InChI is InChI=1S/C16H11NO5S/c18-16(17-10-5-6-13-14(7-10)22-9-21-13)12-8-23(19,20)15-4-2-1-3-11(12)15/h1-8H,9H2,(H,17,18). The predicted octanol–water partition coefficient (Wildman–Crippen LogP) is 2.18. The van der Waals surface area contributed by atoms with Crippen molar-refractivity contribution in [2.75, 3.05) is 12.1 Å². The van der Waals surface area contributed by atoms with Gasteiger partial charge < -0.3 is 14.8 Å². The molecule has 2 aliphatic rings. The summed E-state index contributed by atoms with van der Waals surface area (Å²) in [6, 6.07) is 11.4. The first-order valence-electron chi connectivity index (χ1n) is 6.82. The van der Waals surface area contributed by atoms with Crippen molar-refractivity contribution in [2.24, 2.45) is 0 Å². The molecule has 2 aromatic rings. The van der Waals surface area contributed by atoms with Crippen LogP contribution in [-0.4, -0.2) is 21.1 Å². The smallest absolute Gasteiger partial charge is 0.257 e. The molecule has 1 N–H and O–H groups in total. The van der Waals surface area contributed by atoms with Gasteiger partial charge in [0.2, 0.25) is 16.6 Å². The fraction of sp³-hybridized carbons (Fsp3) is 0.0625. The van der Waals surface area contributed by atoms with E-state index in [1.54, 1.807) is 36.4 Å². The topological polar surface area (TPSA) is 81.7 Å². The lowest BCUT2D eigenvalue weighted by Crippen LogP contribution is -2.12. The number of hydrogen-bond donors (Lipinski definition) is 1. The molecule has 0 saturated carbocycles. The molecule has 0 aliphatic carbocycles. The molecule has 0 aromatic heterocycles. The number of nitrogens with one attached hydrogen (secondary N) is 1. The van der Waals surface area contributed by atoms with Crippen LogP contribution in [0.3, 0.4) is 0 Å². The summed E-state index contributed by atoms with van der Waals surface area (Å²) in [7, 11) is -3.57. The zero-order valence-corrected chi connectivity index (χ0v) is 12.6. The number of amides is 1. The number of carbonyl (C=O) groups excluding carboxylic acids is 1. The van der Waals surface area contributed by atoms with Gasteiger partial charge in [0.05, 0.1) is 10.5 Å². The van der Waals surface area contributed by atoms with Gasteiger partial charge in [-0.1, -0.05) is 18.2 Å². The van der Waals surface area contributed by atoms with E-state index in [9.17, 15) is 13.2 Å². The molecule has 2 aromatic carbocycles. The van der Waals surface area contributed by atoms with Crippen LogP contribution in [0.1, 0.15) is 5.56 Å². The van der Waals surface area contributed by atoms with Gasteiger partial charge in [-0.05, 0) is 18.2 Å². The Morgan fingerprint density at radius 2 is 1.83 bits per heavy atom. The minimum atomic E-state index is -3.57. The normalized spacial score (nSPS) is 16.6. The molecule has 0 spiro atoms. The molecule has 0 saturated heterocycles. The van der Waals surface area contributed by atoms with Gasteiger partial charge in [-0.2, -0.15) is 0 Å². The highest BCUT2D eigenvalue weighted by Gasteiger charge is 2.30. The zero-order chi connectivity index (χ0) is 16.0. The van der Waals surface area contributed by atoms with Crippen molar-refractivity contribution < 1.29 is 22.7 Å². The summed E-state index contributed by atoms with van der Waals surface area (Å²) < 4.78 is 34.6. The lowest BCUT2D eigenvalue weighted by atomic mass is 10.1. The Kier molecular flexibility index (Phi) is 2.92. The van der Waals surface area contributed by atoms with Crippen LogP contribution in [0.4, 0.5) is 5.69 Å². The molecule has 0 radical (unpaired) electrons. The van der Waals surface area contributed by atoms with Gasteiger partial charge in [0.1, 0.15) is 0 Å². The molecule has 6 nitrogen and oxygen atoms in total. The third kappa shape index (κ3) is 2.25. The van der Waals surface area contributed by atoms with Crippen molar-refractivity contribution >= 4 is 27.0 Å². The van der Waals surface area contributed by atoms with Crippen LogP contribution in [0, 0.1) is 0 Å². The van der Waals surface area contributed by atoms with Crippen molar-refractivity contribution in [2.45, 2.75) is 4.90 Å². The van der Waals surface area contributed by atoms with Gasteiger partial charge >= 0.3 is 0 Å². The predicted molar refractivity (Wildman–Crippen MR) is 82.8 cm³/mol. The third-order valence-corrected chi connectivity index (χ3v) is 5.15. The van der Waals surface area contributed by atoms with Gasteiger partial charge in [0, 0.05) is 22.7 Å². The number of carbonyl (C=O) groups is 1. The Morgan fingerprint density at radius 3 is 2.70 bits per heavy atom. The number of fused-ring (bicyclic) bond motifs is 2. The quantitative estimate of drug-likeness (QED) is 0.913. The number of sulfone groups is 1. The summed E-state index contributed by atoms with van der Waals surface area (Å²) in [4.78, 5) is 12.6. The molecule has 0 unspecified atom stereocenters. The van der Waals surface area contributed by atoms with Crippen LogP contribution >= 0.6 is 0 Å². The lowest BCUT2D eigenvalue weighted by molar-refractivity contribution is -0.111. The second kappa shape index (κ2) is 4.85. The Labute approximate surface area is 132 Å². The highest BCUT2D eigenvalue weighted by Crippen LogP contribution is 2.36. The molecule has 4 rings (SSSR count). The number of hydrogen-bond acceptors (Lipinski definition) is 5. The first kappa shape index (κ1) is 13.8. The Balaban J connectivity index is 1.66. The molecule has 0 atom stereocenters. The van der Waals surface area contributed by atoms with E-state index in [1.165, 1.54) is 6.07 Å². The van der Waals surface area contributed by atoms with Gasteiger partial charge in [-0.25, -0.2) is 8.42 Å². The lowest BCUT2D eigenvalue weighted by Gasteiger charge is -2.07. The van der Waals surface area contributed by atoms with Crippen molar-refractivity contribution in [3.05, 3.63) is 53.4 Å². The minimum Gasteiger partial charge on any atom is -0.454 e. The van der Waals surface area contributed by atoms with Crippen LogP contribution in [0.2, 0.25) is 0 Å². The maximum atomic E-state index is 12.4. The van der Waals surface area contributed by atoms with Crippen molar-refractivity contribution in [3.63, 3.8) is 0 Å². The summed E-state index contributed by atoms with van der Waals surface area (Å²) in [5, 5.41) is 3.68. The van der Waals surface area contributed by atoms with Gasteiger partial charge in [0.25, 0.3) is 5.91 Å². The average Bonchev–Trinajstić information content (AvgIpc) is 3.10. The maximum absolute atomic E-state index is 12.4. The van der Waals surface area contributed by atoms with E-state index < -0.39 is 15.7 Å². The van der Waals surface area contributed by atoms with E-state index in [2.05, 4.69) is 5.32 Å². The number of benzene rings is 2. The highest BCUT2D eigenvalue weighted by molar-refractivity contribution is 7.95. The maximum Gasteiger partial charge on any atom is 0.257 e. The minimum absolute atomic E-state index is 0.123. The summed E-state index contributed by atoms with van der Waals surface area (Å²) >= 11 is 0. The summed E-state index contributed by atoms with van der Waals surface area (Å²) in [6.45, 7) is 0.142. The van der Waals surface area contributed by atoms with E-state index in [-0.39, 0.29) is 17.3 Å². The van der Waals surface area contributed by atoms with E-state index in [0.29, 0.717) is 22.7 Å². The molecule has 0 bridgehead atoms. The number of ether oxygens (including phenoxy) is 2. The summed E-state index contributed by atoms with van der Waals surface area (Å²) in [6.07, 6.45) is 0. The van der Waals surface area contributed by atoms with E-state index in [1.807, 2.05) is 0 Å². The number of rotatable bonds is 2. The molecule has 116 valence electrons. The molecule has 0 fully saturated rings. The second-order valence-corrected chi connectivity index (χ2v) is 6.86. The largest absolute Gasteiger partial charge is 0.454 e. The van der Waals surface area contributed by atoms with Gasteiger partial charge in [0.15, 0.2) is 11.5 Å². The van der Waals surface area contributed by atoms with E-state index in [0.717, 1.165) is 5.41 Å². The molecule has 7 heteroatoms. The van der Waals surface area contributed by atoms with Crippen LogP contribution < -0.4 is 14.8 Å². The van der Waals surface area contributed by atoms with Crippen molar-refractivity contribution in [1.29, 1.82) is 0 Å². The highest BCUT2D eigenvalue weighted by atomic mass is 32.2. The molecule has 2 aliphatic heterocycles. The van der Waals surface area contributed by atoms with Crippen LogP contribution in [0.25, 0.3) is 5.57 Å². The van der Waals surface area contributed by atoms with Crippen molar-refractivity contribution in [3.8, 4) is 11.5 Å².